The van der Waals surface area contributed by atoms with E-state index in [-0.39, 0.29) is 11.1 Å². The highest BCUT2D eigenvalue weighted by Gasteiger charge is 2.49. The van der Waals surface area contributed by atoms with Crippen LogP contribution < -0.4 is 0 Å². The van der Waals surface area contributed by atoms with Crippen molar-refractivity contribution in [3.63, 3.8) is 0 Å². The second-order valence-corrected chi connectivity index (χ2v) is 8.85. The summed E-state index contributed by atoms with van der Waals surface area (Å²) < 4.78 is 0. The summed E-state index contributed by atoms with van der Waals surface area (Å²) in [5, 5.41) is 15.0. The normalized spacial score (nSPS) is 24.2. The first kappa shape index (κ1) is 22.2. The number of alkyl halides is 1. The van der Waals surface area contributed by atoms with Crippen molar-refractivity contribution < 1.29 is 5.21 Å². The smallest absolute Gasteiger partial charge is 0.0680 e. The Kier molecular flexibility index (Phi) is 10.8. The van der Waals surface area contributed by atoms with E-state index in [4.69, 9.17) is 0 Å². The summed E-state index contributed by atoms with van der Waals surface area (Å²) in [6.45, 7) is 6.44. The fourth-order valence-electron chi connectivity index (χ4n) is 3.97. The van der Waals surface area contributed by atoms with Crippen LogP contribution in [0.2, 0.25) is 0 Å². The first-order chi connectivity index (χ1) is 11.5. The van der Waals surface area contributed by atoms with Gasteiger partial charge in [-0.2, -0.15) is 0 Å². The van der Waals surface area contributed by atoms with Gasteiger partial charge < -0.3 is 0 Å². The molecule has 1 atom stereocenters. The van der Waals surface area contributed by atoms with Crippen molar-refractivity contribution in [1.29, 1.82) is 0 Å². The largest absolute Gasteiger partial charge is 0.140 e. The first-order valence-corrected chi connectivity index (χ1v) is 11.3. The Morgan fingerprint density at radius 2 is 1.46 bits per heavy atom. The number of unbranched alkanes of at least 4 members (excludes halogenated alkanes) is 9. The predicted molar refractivity (Wildman–Crippen MR) is 108 cm³/mol. The van der Waals surface area contributed by atoms with Gasteiger partial charge in [0.25, 0.3) is 0 Å². The standard InChI is InChI=1S/C21H39BrNO/c1-4-5-6-7-8-9-10-11-12-13-15-21(16-14-19-22)18-17-20(2,3)23(21)24/h14,16H,4-13,15,17-19H2,1-3H3/b16-14+. The average molecular weight is 401 g/mol. The molecular weight excluding hydrogens is 362 g/mol. The van der Waals surface area contributed by atoms with Gasteiger partial charge in [-0.25, -0.2) is 0 Å². The number of hydrogen-bond donors (Lipinski definition) is 0. The second kappa shape index (κ2) is 11.7. The summed E-state index contributed by atoms with van der Waals surface area (Å²) in [6.07, 6.45) is 20.8. The lowest BCUT2D eigenvalue weighted by molar-refractivity contribution is -0.242. The molecule has 0 bridgehead atoms. The van der Waals surface area contributed by atoms with Crippen molar-refractivity contribution in [2.45, 2.75) is 115 Å². The summed E-state index contributed by atoms with van der Waals surface area (Å²) in [7, 11) is 0. The lowest BCUT2D eigenvalue weighted by atomic mass is 9.89. The van der Waals surface area contributed by atoms with Gasteiger partial charge in [0.05, 0.1) is 5.54 Å². The zero-order chi connectivity index (χ0) is 17.9. The number of rotatable bonds is 13. The molecule has 24 heavy (non-hydrogen) atoms. The van der Waals surface area contributed by atoms with Crippen LogP contribution in [0.3, 0.4) is 0 Å². The summed E-state index contributed by atoms with van der Waals surface area (Å²) in [4.78, 5) is 0. The lowest BCUT2D eigenvalue weighted by Crippen LogP contribution is -2.47. The van der Waals surface area contributed by atoms with Crippen molar-refractivity contribution in [3.8, 4) is 0 Å². The maximum atomic E-state index is 12.8. The van der Waals surface area contributed by atoms with E-state index in [0.717, 1.165) is 24.6 Å². The topological polar surface area (TPSA) is 23.1 Å². The molecule has 1 fully saturated rings. The predicted octanol–water partition coefficient (Wildman–Crippen LogP) is 7.21. The monoisotopic (exact) mass is 400 g/mol. The molecule has 1 saturated heterocycles. The molecule has 0 spiro atoms. The molecule has 0 aromatic heterocycles. The number of halogens is 1. The molecule has 1 radical (unpaired) electrons. The number of allylic oxidation sites excluding steroid dienone is 1. The Balaban J connectivity index is 2.24. The fraction of sp³-hybridized carbons (Fsp3) is 0.905. The van der Waals surface area contributed by atoms with Gasteiger partial charge in [-0.05, 0) is 33.1 Å². The molecule has 0 amide bonds. The van der Waals surface area contributed by atoms with Gasteiger partial charge in [-0.15, -0.1) is 10.3 Å². The molecule has 0 aromatic rings. The van der Waals surface area contributed by atoms with Gasteiger partial charge in [0.1, 0.15) is 0 Å². The van der Waals surface area contributed by atoms with Crippen LogP contribution in [0.4, 0.5) is 0 Å². The Morgan fingerprint density at radius 1 is 0.917 bits per heavy atom. The van der Waals surface area contributed by atoms with Crippen molar-refractivity contribution in [2.24, 2.45) is 0 Å². The van der Waals surface area contributed by atoms with Crippen molar-refractivity contribution in [2.75, 3.05) is 5.33 Å². The minimum absolute atomic E-state index is 0.213. The van der Waals surface area contributed by atoms with Gasteiger partial charge in [0.15, 0.2) is 0 Å². The highest BCUT2D eigenvalue weighted by Crippen LogP contribution is 2.43. The number of hydrogen-bond acceptors (Lipinski definition) is 1. The SMILES string of the molecule is CCCCCCCCCCCCC1(/C=C/CBr)CCC(C)(C)N1[O]. The first-order valence-electron chi connectivity index (χ1n) is 10.2. The molecular formula is C21H39BrNO. The third-order valence-electron chi connectivity index (χ3n) is 5.60. The van der Waals surface area contributed by atoms with Gasteiger partial charge in [-0.1, -0.05) is 99.2 Å². The third kappa shape index (κ3) is 7.17. The molecule has 1 heterocycles. The third-order valence-corrected chi connectivity index (χ3v) is 5.98. The molecule has 1 aliphatic rings. The second-order valence-electron chi connectivity index (χ2n) is 8.20. The minimum atomic E-state index is -0.253. The van der Waals surface area contributed by atoms with Gasteiger partial charge in [0, 0.05) is 10.9 Å². The maximum Gasteiger partial charge on any atom is 0.0680 e. The van der Waals surface area contributed by atoms with E-state index in [1.54, 1.807) is 0 Å². The van der Waals surface area contributed by atoms with Crippen LogP contribution in [-0.4, -0.2) is 21.5 Å². The molecule has 0 N–H and O–H groups in total. The highest BCUT2D eigenvalue weighted by atomic mass is 79.9. The zero-order valence-corrected chi connectivity index (χ0v) is 17.9. The van der Waals surface area contributed by atoms with E-state index in [0.29, 0.717) is 0 Å². The Hall–Kier alpha value is 0.140. The Labute approximate surface area is 159 Å². The maximum absolute atomic E-state index is 12.8. The molecule has 0 aromatic carbocycles. The molecule has 0 aliphatic carbocycles. The minimum Gasteiger partial charge on any atom is -0.140 e. The van der Waals surface area contributed by atoms with E-state index in [1.807, 2.05) is 0 Å². The van der Waals surface area contributed by atoms with Crippen LogP contribution in [0, 0.1) is 0 Å². The zero-order valence-electron chi connectivity index (χ0n) is 16.3. The van der Waals surface area contributed by atoms with E-state index in [9.17, 15) is 5.21 Å². The Bertz CT molecular complexity index is 356. The van der Waals surface area contributed by atoms with Crippen LogP contribution in [0.1, 0.15) is 104 Å². The quantitative estimate of drug-likeness (QED) is 0.182. The van der Waals surface area contributed by atoms with Crippen molar-refractivity contribution in [1.82, 2.24) is 5.06 Å². The molecule has 2 nitrogen and oxygen atoms in total. The highest BCUT2D eigenvalue weighted by molar-refractivity contribution is 9.09. The molecule has 0 saturated carbocycles. The number of nitrogens with zero attached hydrogens (tertiary/aromatic N) is 1. The van der Waals surface area contributed by atoms with Crippen LogP contribution in [0.15, 0.2) is 12.2 Å². The lowest BCUT2D eigenvalue weighted by Gasteiger charge is -2.35. The summed E-state index contributed by atoms with van der Waals surface area (Å²) >= 11 is 3.45. The summed E-state index contributed by atoms with van der Waals surface area (Å²) in [5.74, 6) is 0. The van der Waals surface area contributed by atoms with Gasteiger partial charge >= 0.3 is 0 Å². The van der Waals surface area contributed by atoms with Gasteiger partial charge in [0.2, 0.25) is 0 Å². The molecule has 1 rings (SSSR count). The molecule has 1 unspecified atom stereocenters. The van der Waals surface area contributed by atoms with Crippen LogP contribution >= 0.6 is 15.9 Å². The summed E-state index contributed by atoms with van der Waals surface area (Å²) in [5.41, 5.74) is -0.466. The summed E-state index contributed by atoms with van der Waals surface area (Å²) in [6, 6.07) is 0. The van der Waals surface area contributed by atoms with E-state index in [2.05, 4.69) is 48.9 Å². The molecule has 141 valence electrons. The van der Waals surface area contributed by atoms with E-state index in [1.165, 1.54) is 69.3 Å². The van der Waals surface area contributed by atoms with E-state index < -0.39 is 0 Å². The fourth-order valence-corrected chi connectivity index (χ4v) is 4.16. The van der Waals surface area contributed by atoms with Crippen LogP contribution in [-0.2, 0) is 5.21 Å². The van der Waals surface area contributed by atoms with Crippen LogP contribution in [0.25, 0.3) is 0 Å². The molecule has 1 aliphatic heterocycles. The van der Waals surface area contributed by atoms with Crippen molar-refractivity contribution in [3.05, 3.63) is 12.2 Å². The van der Waals surface area contributed by atoms with Crippen molar-refractivity contribution >= 4 is 15.9 Å². The van der Waals surface area contributed by atoms with E-state index >= 15 is 0 Å². The average Bonchev–Trinajstić information content (AvgIpc) is 2.79. The molecule has 3 heteroatoms. The Morgan fingerprint density at radius 3 is 1.92 bits per heavy atom. The van der Waals surface area contributed by atoms with Gasteiger partial charge in [-0.3, -0.25) is 0 Å². The van der Waals surface area contributed by atoms with Crippen LogP contribution in [0.5, 0.6) is 0 Å². The number of hydroxylamine groups is 2.